The third kappa shape index (κ3) is 2.43. The average Bonchev–Trinajstić information content (AvgIpc) is 2.29. The Morgan fingerprint density at radius 1 is 1.27 bits per heavy atom. The Morgan fingerprint density at radius 2 is 2.00 bits per heavy atom. The van der Waals surface area contributed by atoms with Crippen LogP contribution in [0.4, 0.5) is 0 Å². The van der Waals surface area contributed by atoms with Crippen LogP contribution in [0.15, 0.2) is 30.3 Å². The molecule has 0 N–H and O–H groups in total. The van der Waals surface area contributed by atoms with Crippen molar-refractivity contribution in [1.29, 1.82) is 0 Å². The molecule has 3 heteroatoms. The molecular formula is C12H14O3. The van der Waals surface area contributed by atoms with E-state index >= 15 is 0 Å². The summed E-state index contributed by atoms with van der Waals surface area (Å²) in [7, 11) is 1.56. The molecule has 2 rings (SSSR count). The van der Waals surface area contributed by atoms with Crippen molar-refractivity contribution in [2.75, 3.05) is 7.11 Å². The maximum absolute atomic E-state index is 11.5. The zero-order valence-corrected chi connectivity index (χ0v) is 8.68. The summed E-state index contributed by atoms with van der Waals surface area (Å²) in [4.78, 5) is 11.5. The first-order valence-corrected chi connectivity index (χ1v) is 5.04. The molecule has 2 atom stereocenters. The fraction of sp³-hybridized carbons (Fsp3) is 0.417. The molecule has 80 valence electrons. The second-order valence-electron chi connectivity index (χ2n) is 3.65. The maximum atomic E-state index is 11.5. The Labute approximate surface area is 89.0 Å². The first-order valence-electron chi connectivity index (χ1n) is 5.04. The molecule has 0 aliphatic carbocycles. The smallest absolute Gasteiger partial charge is 0.164 e. The van der Waals surface area contributed by atoms with E-state index in [1.54, 1.807) is 7.11 Å². The molecule has 0 bridgehead atoms. The molecular weight excluding hydrogens is 192 g/mol. The second-order valence-corrected chi connectivity index (χ2v) is 3.65. The van der Waals surface area contributed by atoms with Crippen molar-refractivity contribution in [3.05, 3.63) is 35.9 Å². The molecule has 1 aliphatic heterocycles. The van der Waals surface area contributed by atoms with E-state index < -0.39 is 6.29 Å². The van der Waals surface area contributed by atoms with Gasteiger partial charge in [0, 0.05) is 13.5 Å². The van der Waals surface area contributed by atoms with Crippen LogP contribution in [-0.2, 0) is 14.3 Å². The minimum Gasteiger partial charge on any atom is -0.355 e. The maximum Gasteiger partial charge on any atom is 0.164 e. The summed E-state index contributed by atoms with van der Waals surface area (Å²) in [6.45, 7) is 0. The van der Waals surface area contributed by atoms with Crippen molar-refractivity contribution < 1.29 is 14.3 Å². The SMILES string of the molecule is CO[C@H]1CC(=O)C[C@H](c2ccccc2)O1. The zero-order chi connectivity index (χ0) is 10.7. The van der Waals surface area contributed by atoms with Crippen LogP contribution in [-0.4, -0.2) is 19.2 Å². The molecule has 1 aliphatic rings. The van der Waals surface area contributed by atoms with E-state index in [2.05, 4.69) is 0 Å². The van der Waals surface area contributed by atoms with Gasteiger partial charge in [-0.25, -0.2) is 0 Å². The minimum atomic E-state index is -0.392. The van der Waals surface area contributed by atoms with Gasteiger partial charge < -0.3 is 9.47 Å². The normalized spacial score (nSPS) is 26.6. The van der Waals surface area contributed by atoms with Crippen molar-refractivity contribution in [3.63, 3.8) is 0 Å². The van der Waals surface area contributed by atoms with Gasteiger partial charge in [0.1, 0.15) is 5.78 Å². The summed E-state index contributed by atoms with van der Waals surface area (Å²) in [5.74, 6) is 0.196. The van der Waals surface area contributed by atoms with Crippen molar-refractivity contribution in [2.45, 2.75) is 25.2 Å². The summed E-state index contributed by atoms with van der Waals surface area (Å²) in [6.07, 6.45) is 0.262. The third-order valence-corrected chi connectivity index (χ3v) is 2.56. The van der Waals surface area contributed by atoms with Crippen LogP contribution >= 0.6 is 0 Å². The van der Waals surface area contributed by atoms with E-state index in [-0.39, 0.29) is 11.9 Å². The van der Waals surface area contributed by atoms with Gasteiger partial charge in [-0.2, -0.15) is 0 Å². The molecule has 1 fully saturated rings. The molecule has 1 aromatic rings. The third-order valence-electron chi connectivity index (χ3n) is 2.56. The number of hydrogen-bond acceptors (Lipinski definition) is 3. The van der Waals surface area contributed by atoms with Gasteiger partial charge in [0.25, 0.3) is 0 Å². The number of carbonyl (C=O) groups is 1. The van der Waals surface area contributed by atoms with Gasteiger partial charge in [-0.3, -0.25) is 4.79 Å². The van der Waals surface area contributed by atoms with E-state index in [1.165, 1.54) is 0 Å². The minimum absolute atomic E-state index is 0.155. The Bertz CT molecular complexity index is 334. The molecule has 3 nitrogen and oxygen atoms in total. The monoisotopic (exact) mass is 206 g/mol. The molecule has 15 heavy (non-hydrogen) atoms. The van der Waals surface area contributed by atoms with Crippen LogP contribution in [0.1, 0.15) is 24.5 Å². The van der Waals surface area contributed by atoms with Gasteiger partial charge in [0.2, 0.25) is 0 Å². The highest BCUT2D eigenvalue weighted by molar-refractivity contribution is 5.80. The molecule has 1 heterocycles. The van der Waals surface area contributed by atoms with Crippen molar-refractivity contribution in [3.8, 4) is 0 Å². The van der Waals surface area contributed by atoms with E-state index in [1.807, 2.05) is 30.3 Å². The van der Waals surface area contributed by atoms with Crippen LogP contribution in [0, 0.1) is 0 Å². The Balaban J connectivity index is 2.12. The largest absolute Gasteiger partial charge is 0.355 e. The highest BCUT2D eigenvalue weighted by Crippen LogP contribution is 2.29. The number of benzene rings is 1. The van der Waals surface area contributed by atoms with E-state index in [0.717, 1.165) is 5.56 Å². The highest BCUT2D eigenvalue weighted by Gasteiger charge is 2.28. The summed E-state index contributed by atoms with van der Waals surface area (Å²) < 4.78 is 10.7. The Morgan fingerprint density at radius 3 is 2.67 bits per heavy atom. The number of ether oxygens (including phenoxy) is 2. The number of carbonyl (C=O) groups excluding carboxylic acids is 1. The number of hydrogen-bond donors (Lipinski definition) is 0. The van der Waals surface area contributed by atoms with Gasteiger partial charge in [0.15, 0.2) is 6.29 Å². The van der Waals surface area contributed by atoms with Gasteiger partial charge in [-0.15, -0.1) is 0 Å². The second kappa shape index (κ2) is 4.55. The summed E-state index contributed by atoms with van der Waals surface area (Å²) >= 11 is 0. The number of Topliss-reactive ketones (excluding diaryl/α,β-unsaturated/α-hetero) is 1. The molecule has 0 saturated carbocycles. The fourth-order valence-electron chi connectivity index (χ4n) is 1.76. The number of methoxy groups -OCH3 is 1. The van der Waals surface area contributed by atoms with E-state index in [0.29, 0.717) is 12.8 Å². The summed E-state index contributed by atoms with van der Waals surface area (Å²) in [6, 6.07) is 9.77. The molecule has 0 unspecified atom stereocenters. The lowest BCUT2D eigenvalue weighted by atomic mass is 10.00. The van der Waals surface area contributed by atoms with Gasteiger partial charge in [-0.1, -0.05) is 30.3 Å². The molecule has 0 spiro atoms. The Kier molecular flexibility index (Phi) is 3.14. The lowest BCUT2D eigenvalue weighted by Crippen LogP contribution is -2.29. The fourth-order valence-corrected chi connectivity index (χ4v) is 1.76. The van der Waals surface area contributed by atoms with Gasteiger partial charge in [-0.05, 0) is 5.56 Å². The van der Waals surface area contributed by atoms with Gasteiger partial charge >= 0.3 is 0 Å². The van der Waals surface area contributed by atoms with Gasteiger partial charge in [0.05, 0.1) is 12.5 Å². The lowest BCUT2D eigenvalue weighted by molar-refractivity contribution is -0.185. The predicted octanol–water partition coefficient (Wildman–Crippen LogP) is 2.08. The van der Waals surface area contributed by atoms with Crippen LogP contribution in [0.25, 0.3) is 0 Å². The van der Waals surface area contributed by atoms with Crippen LogP contribution in [0.2, 0.25) is 0 Å². The van der Waals surface area contributed by atoms with Crippen molar-refractivity contribution in [1.82, 2.24) is 0 Å². The zero-order valence-electron chi connectivity index (χ0n) is 8.68. The van der Waals surface area contributed by atoms with Crippen LogP contribution < -0.4 is 0 Å². The number of ketones is 1. The quantitative estimate of drug-likeness (QED) is 0.743. The van der Waals surface area contributed by atoms with Crippen molar-refractivity contribution in [2.24, 2.45) is 0 Å². The molecule has 0 radical (unpaired) electrons. The van der Waals surface area contributed by atoms with Crippen LogP contribution in [0.5, 0.6) is 0 Å². The van der Waals surface area contributed by atoms with Crippen LogP contribution in [0.3, 0.4) is 0 Å². The standard InChI is InChI=1S/C12H14O3/c1-14-12-8-10(13)7-11(15-12)9-5-3-2-4-6-9/h2-6,11-12H,7-8H2,1H3/t11-,12-/m1/s1. The molecule has 1 saturated heterocycles. The predicted molar refractivity (Wildman–Crippen MR) is 55.3 cm³/mol. The average molecular weight is 206 g/mol. The molecule has 0 aromatic heterocycles. The summed E-state index contributed by atoms with van der Waals surface area (Å²) in [5.41, 5.74) is 1.03. The number of rotatable bonds is 2. The van der Waals surface area contributed by atoms with Crippen molar-refractivity contribution >= 4 is 5.78 Å². The molecule has 0 amide bonds. The Hall–Kier alpha value is -1.19. The summed E-state index contributed by atoms with van der Waals surface area (Å²) in [5, 5.41) is 0. The highest BCUT2D eigenvalue weighted by atomic mass is 16.7. The first kappa shape index (κ1) is 10.3. The van der Waals surface area contributed by atoms with E-state index in [4.69, 9.17) is 9.47 Å². The topological polar surface area (TPSA) is 35.5 Å². The van der Waals surface area contributed by atoms with E-state index in [9.17, 15) is 4.79 Å². The molecule has 1 aromatic carbocycles. The first-order chi connectivity index (χ1) is 7.29. The lowest BCUT2D eigenvalue weighted by Gasteiger charge is -2.28.